The number of rotatable bonds is 6. The van der Waals surface area contributed by atoms with Gasteiger partial charge in [0.1, 0.15) is 6.61 Å². The summed E-state index contributed by atoms with van der Waals surface area (Å²) in [5.74, 6) is 0.843. The Morgan fingerprint density at radius 2 is 2.03 bits per heavy atom. The van der Waals surface area contributed by atoms with Gasteiger partial charge in [0.05, 0.1) is 12.9 Å². The lowest BCUT2D eigenvalue weighted by molar-refractivity contribution is 0.1000. The molecule has 1 aromatic carbocycles. The van der Waals surface area contributed by atoms with E-state index >= 15 is 0 Å². The number of fused-ring (bicyclic) bond motifs is 1. The van der Waals surface area contributed by atoms with Crippen molar-refractivity contribution in [3.05, 3.63) is 59.1 Å². The van der Waals surface area contributed by atoms with Crippen LogP contribution in [0.2, 0.25) is 0 Å². The van der Waals surface area contributed by atoms with E-state index in [1.54, 1.807) is 25.1 Å². The number of allylic oxidation sites excluding steroid dienone is 2. The van der Waals surface area contributed by atoms with Crippen molar-refractivity contribution in [2.45, 2.75) is 31.7 Å². The number of hydrogen-bond acceptors (Lipinski definition) is 5. The second-order valence-corrected chi connectivity index (χ2v) is 9.46. The van der Waals surface area contributed by atoms with Crippen LogP contribution in [-0.2, 0) is 9.47 Å². The second kappa shape index (κ2) is 9.18. The molecule has 2 amide bonds. The van der Waals surface area contributed by atoms with Gasteiger partial charge in [0.15, 0.2) is 0 Å². The van der Waals surface area contributed by atoms with Crippen LogP contribution in [0.3, 0.4) is 0 Å². The third kappa shape index (κ3) is 4.18. The Labute approximate surface area is 199 Å². The number of nitrogens with zero attached hydrogens (tertiary/aromatic N) is 3. The van der Waals surface area contributed by atoms with Gasteiger partial charge in [-0.2, -0.15) is 0 Å². The lowest BCUT2D eigenvalue weighted by Crippen LogP contribution is -2.38. The number of piperidine rings is 1. The van der Waals surface area contributed by atoms with Crippen molar-refractivity contribution in [3.8, 4) is 0 Å². The maximum atomic E-state index is 12.0. The monoisotopic (exact) mass is 464 g/mol. The van der Waals surface area contributed by atoms with Gasteiger partial charge < -0.3 is 24.7 Å². The summed E-state index contributed by atoms with van der Waals surface area (Å²) in [6, 6.07) is 8.19. The molecule has 2 N–H and O–H groups in total. The third-order valence-electron chi connectivity index (χ3n) is 7.55. The fourth-order valence-electron chi connectivity index (χ4n) is 5.51. The molecule has 180 valence electrons. The molecular formula is C26H32N4O4. The molecule has 0 bridgehead atoms. The zero-order chi connectivity index (χ0) is 23.8. The van der Waals surface area contributed by atoms with Crippen molar-refractivity contribution in [1.29, 1.82) is 0 Å². The first-order valence-electron chi connectivity index (χ1n) is 12.0. The Hall–Kier alpha value is -3.26. The zero-order valence-corrected chi connectivity index (χ0v) is 19.8. The summed E-state index contributed by atoms with van der Waals surface area (Å²) in [5.41, 5.74) is 9.20. The SMILES string of the molecule is COC1=CC2=C(CC1CCN1CCC(n3ccc4ccc(C(N)=O)cc43)CC1)N(C)C(=O)OC2. The van der Waals surface area contributed by atoms with Gasteiger partial charge in [0, 0.05) is 60.6 Å². The molecule has 3 heterocycles. The van der Waals surface area contributed by atoms with Crippen LogP contribution in [0.1, 0.15) is 42.1 Å². The Morgan fingerprint density at radius 1 is 1.24 bits per heavy atom. The van der Waals surface area contributed by atoms with Crippen LogP contribution in [0.25, 0.3) is 10.9 Å². The van der Waals surface area contributed by atoms with E-state index in [0.29, 0.717) is 18.2 Å². The molecule has 34 heavy (non-hydrogen) atoms. The highest BCUT2D eigenvalue weighted by molar-refractivity contribution is 5.97. The first kappa shape index (κ1) is 22.5. The average molecular weight is 465 g/mol. The molecule has 0 saturated carbocycles. The number of ether oxygens (including phenoxy) is 2. The highest BCUT2D eigenvalue weighted by Crippen LogP contribution is 2.36. The smallest absolute Gasteiger partial charge is 0.414 e. The third-order valence-corrected chi connectivity index (χ3v) is 7.55. The minimum atomic E-state index is -0.393. The van der Waals surface area contributed by atoms with E-state index in [4.69, 9.17) is 15.2 Å². The molecule has 1 saturated heterocycles. The number of methoxy groups -OCH3 is 1. The van der Waals surface area contributed by atoms with Gasteiger partial charge in [-0.25, -0.2) is 4.79 Å². The maximum absolute atomic E-state index is 12.0. The second-order valence-electron chi connectivity index (χ2n) is 9.46. The highest BCUT2D eigenvalue weighted by Gasteiger charge is 2.32. The summed E-state index contributed by atoms with van der Waals surface area (Å²) < 4.78 is 13.2. The van der Waals surface area contributed by atoms with Crippen LogP contribution in [0.5, 0.6) is 0 Å². The molecular weight excluding hydrogens is 432 g/mol. The molecule has 8 nitrogen and oxygen atoms in total. The van der Waals surface area contributed by atoms with Crippen molar-refractivity contribution in [2.75, 3.05) is 40.4 Å². The van der Waals surface area contributed by atoms with Crippen molar-refractivity contribution in [3.63, 3.8) is 0 Å². The van der Waals surface area contributed by atoms with E-state index < -0.39 is 5.91 Å². The number of amides is 2. The summed E-state index contributed by atoms with van der Waals surface area (Å²) in [7, 11) is 3.50. The highest BCUT2D eigenvalue weighted by atomic mass is 16.6. The minimum absolute atomic E-state index is 0.260. The first-order valence-corrected chi connectivity index (χ1v) is 12.0. The topological polar surface area (TPSA) is 90.0 Å². The molecule has 2 aliphatic heterocycles. The lowest BCUT2D eigenvalue weighted by atomic mass is 9.88. The largest absolute Gasteiger partial charge is 0.501 e. The predicted octanol–water partition coefficient (Wildman–Crippen LogP) is 3.65. The van der Waals surface area contributed by atoms with Crippen molar-refractivity contribution in [2.24, 2.45) is 11.7 Å². The Kier molecular flexibility index (Phi) is 6.08. The summed E-state index contributed by atoms with van der Waals surface area (Å²) in [5, 5.41) is 1.13. The maximum Gasteiger partial charge on any atom is 0.414 e. The average Bonchev–Trinajstić information content (AvgIpc) is 3.28. The van der Waals surface area contributed by atoms with Crippen LogP contribution in [0, 0.1) is 5.92 Å². The van der Waals surface area contributed by atoms with Gasteiger partial charge in [0.25, 0.3) is 0 Å². The van der Waals surface area contributed by atoms with E-state index in [9.17, 15) is 9.59 Å². The number of nitrogens with two attached hydrogens (primary N) is 1. The van der Waals surface area contributed by atoms with E-state index in [0.717, 1.165) is 73.2 Å². The fourth-order valence-corrected chi connectivity index (χ4v) is 5.51. The van der Waals surface area contributed by atoms with E-state index in [1.165, 1.54) is 0 Å². The first-order chi connectivity index (χ1) is 16.4. The molecule has 1 unspecified atom stereocenters. The zero-order valence-electron chi connectivity index (χ0n) is 19.8. The molecule has 0 radical (unpaired) electrons. The number of benzene rings is 1. The molecule has 1 fully saturated rings. The van der Waals surface area contributed by atoms with E-state index in [2.05, 4.69) is 27.8 Å². The minimum Gasteiger partial charge on any atom is -0.501 e. The van der Waals surface area contributed by atoms with E-state index in [-0.39, 0.29) is 12.0 Å². The summed E-state index contributed by atoms with van der Waals surface area (Å²) >= 11 is 0. The van der Waals surface area contributed by atoms with Crippen molar-refractivity contribution >= 4 is 22.9 Å². The van der Waals surface area contributed by atoms with Crippen molar-refractivity contribution in [1.82, 2.24) is 14.4 Å². The number of likely N-dealkylation sites (tertiary alicyclic amines) is 1. The van der Waals surface area contributed by atoms with Crippen LogP contribution >= 0.6 is 0 Å². The number of aromatic nitrogens is 1. The van der Waals surface area contributed by atoms with Gasteiger partial charge in [-0.05, 0) is 61.9 Å². The number of carbonyl (C=O) groups excluding carboxylic acids is 2. The van der Waals surface area contributed by atoms with Crippen molar-refractivity contribution < 1.29 is 19.1 Å². The Balaban J connectivity index is 1.20. The van der Waals surface area contributed by atoms with Gasteiger partial charge in [0.2, 0.25) is 5.91 Å². The van der Waals surface area contributed by atoms with Crippen LogP contribution < -0.4 is 5.73 Å². The summed E-state index contributed by atoms with van der Waals surface area (Å²) in [6.07, 6.45) is 7.81. The molecule has 1 aliphatic carbocycles. The molecule has 0 spiro atoms. The summed E-state index contributed by atoms with van der Waals surface area (Å²) in [4.78, 5) is 27.7. The summed E-state index contributed by atoms with van der Waals surface area (Å²) in [6.45, 7) is 3.37. The quantitative estimate of drug-likeness (QED) is 0.705. The molecule has 3 aliphatic rings. The lowest BCUT2D eigenvalue weighted by Gasteiger charge is -2.36. The number of hydrogen-bond donors (Lipinski definition) is 1. The molecule has 5 rings (SSSR count). The van der Waals surface area contributed by atoms with Crippen LogP contribution in [0.15, 0.2) is 53.6 Å². The molecule has 1 atom stereocenters. The molecule has 1 aromatic heterocycles. The standard InChI is InChI=1S/C26H32N4O4/c1-28-22-13-18(24(33-2)15-20(22)16-34-26(28)32)5-9-29-10-7-21(8-11-29)30-12-6-17-3-4-19(25(27)31)14-23(17)30/h3-4,6,12,14-15,18,21H,5,7-11,13,16H2,1-2H3,(H2,27,31). The molecule has 2 aromatic rings. The van der Waals surface area contributed by atoms with Crippen LogP contribution in [0.4, 0.5) is 4.79 Å². The number of carbonyl (C=O) groups is 2. The van der Waals surface area contributed by atoms with Gasteiger partial charge in [-0.1, -0.05) is 6.07 Å². The van der Waals surface area contributed by atoms with E-state index in [1.807, 2.05) is 12.1 Å². The Bertz CT molecular complexity index is 1170. The fraction of sp³-hybridized carbons (Fsp3) is 0.462. The van der Waals surface area contributed by atoms with Gasteiger partial charge in [-0.3, -0.25) is 9.69 Å². The van der Waals surface area contributed by atoms with Gasteiger partial charge in [-0.15, -0.1) is 0 Å². The number of cyclic esters (lactones) is 1. The Morgan fingerprint density at radius 3 is 2.76 bits per heavy atom. The van der Waals surface area contributed by atoms with Crippen LogP contribution in [-0.4, -0.2) is 66.8 Å². The normalized spacial score (nSPS) is 21.9. The number of primary amides is 1. The predicted molar refractivity (Wildman–Crippen MR) is 129 cm³/mol. The molecule has 8 heteroatoms. The van der Waals surface area contributed by atoms with Gasteiger partial charge >= 0.3 is 6.09 Å².